The van der Waals surface area contributed by atoms with Gasteiger partial charge in [0.2, 0.25) is 10.0 Å². The molecular formula is C23H26N2O4S. The normalized spacial score (nSPS) is 11.4. The summed E-state index contributed by atoms with van der Waals surface area (Å²) in [5, 5.41) is 0. The summed E-state index contributed by atoms with van der Waals surface area (Å²) in [4.78, 5) is 14.7. The molecule has 0 fully saturated rings. The number of nitrogens with one attached hydrogen (secondary N) is 1. The zero-order valence-electron chi connectivity index (χ0n) is 17.4. The fourth-order valence-corrected chi connectivity index (χ4v) is 4.11. The first-order valence-corrected chi connectivity index (χ1v) is 11.2. The first-order chi connectivity index (χ1) is 14.3. The lowest BCUT2D eigenvalue weighted by Gasteiger charge is -2.19. The molecule has 0 aliphatic carbocycles. The summed E-state index contributed by atoms with van der Waals surface area (Å²) in [6.45, 7) is 4.37. The Kier molecular flexibility index (Phi) is 6.74. The molecule has 1 aromatic heterocycles. The van der Waals surface area contributed by atoms with Crippen molar-refractivity contribution >= 4 is 15.9 Å². The van der Waals surface area contributed by atoms with Crippen molar-refractivity contribution in [1.29, 1.82) is 0 Å². The Morgan fingerprint density at radius 2 is 1.77 bits per heavy atom. The van der Waals surface area contributed by atoms with Crippen LogP contribution < -0.4 is 4.72 Å². The van der Waals surface area contributed by atoms with Gasteiger partial charge in [0, 0.05) is 19.2 Å². The summed E-state index contributed by atoms with van der Waals surface area (Å²) in [5.41, 5.74) is 3.34. The number of carbonyl (C=O) groups is 1. The summed E-state index contributed by atoms with van der Waals surface area (Å²) < 4.78 is 33.0. The second-order valence-electron chi connectivity index (χ2n) is 7.21. The second kappa shape index (κ2) is 9.28. The molecule has 0 spiro atoms. The molecule has 3 rings (SSSR count). The fraction of sp³-hybridized carbons (Fsp3) is 0.261. The van der Waals surface area contributed by atoms with E-state index in [2.05, 4.69) is 23.8 Å². The van der Waals surface area contributed by atoms with Crippen LogP contribution in [0.2, 0.25) is 0 Å². The Bertz CT molecular complexity index is 1100. The van der Waals surface area contributed by atoms with Crippen molar-refractivity contribution in [2.75, 3.05) is 7.05 Å². The lowest BCUT2D eigenvalue weighted by Crippen LogP contribution is -2.28. The SMILES string of the molecule is CCc1ccc(CN(C)C(=O)c2cc(S(=O)(=O)NCc3ccco3)ccc2C)cc1. The number of hydrogen-bond acceptors (Lipinski definition) is 4. The highest BCUT2D eigenvalue weighted by Gasteiger charge is 2.20. The minimum atomic E-state index is -3.78. The van der Waals surface area contributed by atoms with Crippen molar-refractivity contribution in [2.45, 2.75) is 38.3 Å². The zero-order valence-corrected chi connectivity index (χ0v) is 18.2. The summed E-state index contributed by atoms with van der Waals surface area (Å²) in [7, 11) is -2.07. The van der Waals surface area contributed by atoms with Gasteiger partial charge in [-0.15, -0.1) is 0 Å². The number of nitrogens with zero attached hydrogens (tertiary/aromatic N) is 1. The molecule has 2 aromatic carbocycles. The number of rotatable bonds is 8. The average Bonchev–Trinajstić information content (AvgIpc) is 3.26. The number of hydrogen-bond donors (Lipinski definition) is 1. The zero-order chi connectivity index (χ0) is 21.7. The number of aryl methyl sites for hydroxylation is 2. The van der Waals surface area contributed by atoms with Crippen LogP contribution in [-0.4, -0.2) is 26.3 Å². The molecule has 158 valence electrons. The van der Waals surface area contributed by atoms with Gasteiger partial charge in [0.15, 0.2) is 0 Å². The largest absolute Gasteiger partial charge is 0.468 e. The molecule has 0 aliphatic heterocycles. The predicted molar refractivity (Wildman–Crippen MR) is 116 cm³/mol. The smallest absolute Gasteiger partial charge is 0.254 e. The lowest BCUT2D eigenvalue weighted by molar-refractivity contribution is 0.0784. The number of sulfonamides is 1. The monoisotopic (exact) mass is 426 g/mol. The molecule has 3 aromatic rings. The quantitative estimate of drug-likeness (QED) is 0.592. The maximum atomic E-state index is 13.0. The molecule has 7 heteroatoms. The Morgan fingerprint density at radius 1 is 1.07 bits per heavy atom. The Morgan fingerprint density at radius 3 is 2.40 bits per heavy atom. The molecule has 1 N–H and O–H groups in total. The van der Waals surface area contributed by atoms with Crippen molar-refractivity contribution < 1.29 is 17.6 Å². The highest BCUT2D eigenvalue weighted by Crippen LogP contribution is 2.19. The Balaban J connectivity index is 1.76. The van der Waals surface area contributed by atoms with Gasteiger partial charge in [-0.25, -0.2) is 13.1 Å². The third-order valence-electron chi connectivity index (χ3n) is 4.96. The van der Waals surface area contributed by atoms with E-state index >= 15 is 0 Å². The van der Waals surface area contributed by atoms with Crippen molar-refractivity contribution in [3.8, 4) is 0 Å². The van der Waals surface area contributed by atoms with Crippen LogP contribution in [0, 0.1) is 6.92 Å². The van der Waals surface area contributed by atoms with Crippen LogP contribution in [-0.2, 0) is 29.5 Å². The molecule has 0 saturated heterocycles. The minimum Gasteiger partial charge on any atom is -0.468 e. The van der Waals surface area contributed by atoms with Gasteiger partial charge in [-0.1, -0.05) is 37.3 Å². The maximum absolute atomic E-state index is 13.0. The first kappa shape index (κ1) is 21.8. The van der Waals surface area contributed by atoms with Gasteiger partial charge in [-0.05, 0) is 54.3 Å². The van der Waals surface area contributed by atoms with Crippen LogP contribution in [0.1, 0.15) is 39.7 Å². The van der Waals surface area contributed by atoms with E-state index in [0.717, 1.165) is 17.5 Å². The predicted octanol–water partition coefficient (Wildman–Crippen LogP) is 3.90. The Hall–Kier alpha value is -2.90. The summed E-state index contributed by atoms with van der Waals surface area (Å²) in [6, 6.07) is 16.1. The molecule has 0 aliphatic rings. The van der Waals surface area contributed by atoms with E-state index in [-0.39, 0.29) is 17.3 Å². The van der Waals surface area contributed by atoms with E-state index in [0.29, 0.717) is 17.9 Å². The average molecular weight is 427 g/mol. The van der Waals surface area contributed by atoms with Crippen LogP contribution in [0.4, 0.5) is 0 Å². The van der Waals surface area contributed by atoms with Gasteiger partial charge < -0.3 is 9.32 Å². The summed E-state index contributed by atoms with van der Waals surface area (Å²) in [5.74, 6) is 0.283. The number of benzene rings is 2. The van der Waals surface area contributed by atoms with Crippen molar-refractivity contribution in [1.82, 2.24) is 9.62 Å². The molecule has 0 radical (unpaired) electrons. The van der Waals surface area contributed by atoms with Crippen LogP contribution in [0.5, 0.6) is 0 Å². The van der Waals surface area contributed by atoms with Gasteiger partial charge >= 0.3 is 0 Å². The van der Waals surface area contributed by atoms with Gasteiger partial charge in [0.25, 0.3) is 5.91 Å². The third kappa shape index (κ3) is 5.17. The van der Waals surface area contributed by atoms with Gasteiger partial charge in [-0.2, -0.15) is 0 Å². The van der Waals surface area contributed by atoms with Crippen molar-refractivity contribution in [2.24, 2.45) is 0 Å². The molecule has 30 heavy (non-hydrogen) atoms. The lowest BCUT2D eigenvalue weighted by atomic mass is 10.1. The molecule has 0 bridgehead atoms. The number of carbonyl (C=O) groups excluding carboxylic acids is 1. The van der Waals surface area contributed by atoms with E-state index in [4.69, 9.17) is 4.42 Å². The Labute approximate surface area is 177 Å². The van der Waals surface area contributed by atoms with Crippen LogP contribution in [0.15, 0.2) is 70.2 Å². The molecule has 1 amide bonds. The topological polar surface area (TPSA) is 79.6 Å². The van der Waals surface area contributed by atoms with Crippen LogP contribution in [0.3, 0.4) is 0 Å². The fourth-order valence-electron chi connectivity index (χ4n) is 3.09. The molecule has 1 heterocycles. The highest BCUT2D eigenvalue weighted by molar-refractivity contribution is 7.89. The van der Waals surface area contributed by atoms with Gasteiger partial charge in [0.1, 0.15) is 5.76 Å². The molecule has 0 atom stereocenters. The van der Waals surface area contributed by atoms with Gasteiger partial charge in [0.05, 0.1) is 17.7 Å². The second-order valence-corrected chi connectivity index (χ2v) is 8.98. The third-order valence-corrected chi connectivity index (χ3v) is 6.36. The summed E-state index contributed by atoms with van der Waals surface area (Å²) >= 11 is 0. The van der Waals surface area contributed by atoms with E-state index in [1.807, 2.05) is 12.1 Å². The van der Waals surface area contributed by atoms with Crippen molar-refractivity contribution in [3.63, 3.8) is 0 Å². The molecule has 0 saturated carbocycles. The van der Waals surface area contributed by atoms with Gasteiger partial charge in [-0.3, -0.25) is 4.79 Å². The van der Waals surface area contributed by atoms with E-state index < -0.39 is 10.0 Å². The maximum Gasteiger partial charge on any atom is 0.254 e. The molecule has 6 nitrogen and oxygen atoms in total. The van der Waals surface area contributed by atoms with Crippen LogP contribution >= 0.6 is 0 Å². The van der Waals surface area contributed by atoms with Crippen molar-refractivity contribution in [3.05, 3.63) is 88.9 Å². The summed E-state index contributed by atoms with van der Waals surface area (Å²) in [6.07, 6.45) is 2.45. The van der Waals surface area contributed by atoms with E-state index in [9.17, 15) is 13.2 Å². The standard InChI is InChI=1S/C23H26N2O4S/c1-4-18-8-10-19(11-9-18)16-25(3)23(26)22-14-21(12-7-17(22)2)30(27,28)24-15-20-6-5-13-29-20/h5-14,24H,4,15-16H2,1-3H3. The molecular weight excluding hydrogens is 400 g/mol. The number of furan rings is 1. The minimum absolute atomic E-state index is 0.0418. The van der Waals surface area contributed by atoms with E-state index in [1.54, 1.807) is 37.1 Å². The van der Waals surface area contributed by atoms with Crippen LogP contribution in [0.25, 0.3) is 0 Å². The van der Waals surface area contributed by atoms with E-state index in [1.165, 1.54) is 24.0 Å². The number of amides is 1. The molecule has 0 unspecified atom stereocenters. The first-order valence-electron chi connectivity index (χ1n) is 9.76. The highest BCUT2D eigenvalue weighted by atomic mass is 32.2.